The number of likely N-dealkylation sites (tertiary alicyclic amines) is 1. The minimum absolute atomic E-state index is 0.108. The molecular formula is C15H20ClNO3. The maximum absolute atomic E-state index is 11.8. The summed E-state index contributed by atoms with van der Waals surface area (Å²) >= 11 is 5.82. The summed E-state index contributed by atoms with van der Waals surface area (Å²) < 4.78 is 10.8. The Morgan fingerprint density at radius 1 is 1.40 bits per heavy atom. The fourth-order valence-electron chi connectivity index (χ4n) is 2.41. The Morgan fingerprint density at radius 3 is 2.85 bits per heavy atom. The van der Waals surface area contributed by atoms with Gasteiger partial charge in [-0.25, -0.2) is 0 Å². The van der Waals surface area contributed by atoms with Gasteiger partial charge in [-0.1, -0.05) is 11.6 Å². The van der Waals surface area contributed by atoms with Crippen LogP contribution in [0.5, 0.6) is 5.75 Å². The van der Waals surface area contributed by atoms with Gasteiger partial charge in [0, 0.05) is 11.6 Å². The van der Waals surface area contributed by atoms with E-state index >= 15 is 0 Å². The third-order valence-electron chi connectivity index (χ3n) is 3.38. The molecule has 1 aromatic rings. The molecule has 0 N–H and O–H groups in total. The highest BCUT2D eigenvalue weighted by atomic mass is 35.5. The first-order valence-electron chi connectivity index (χ1n) is 6.99. The van der Waals surface area contributed by atoms with Gasteiger partial charge in [-0.3, -0.25) is 9.69 Å². The number of benzene rings is 1. The van der Waals surface area contributed by atoms with Gasteiger partial charge in [0.15, 0.2) is 0 Å². The summed E-state index contributed by atoms with van der Waals surface area (Å²) in [6.07, 6.45) is 1.91. The van der Waals surface area contributed by atoms with E-state index in [0.717, 1.165) is 31.7 Å². The summed E-state index contributed by atoms with van der Waals surface area (Å²) in [7, 11) is 0. The Balaban J connectivity index is 1.78. The van der Waals surface area contributed by atoms with Gasteiger partial charge in [-0.05, 0) is 50.6 Å². The van der Waals surface area contributed by atoms with Crippen LogP contribution >= 0.6 is 11.6 Å². The zero-order chi connectivity index (χ0) is 14.4. The van der Waals surface area contributed by atoms with Gasteiger partial charge in [0.25, 0.3) is 0 Å². The van der Waals surface area contributed by atoms with E-state index in [0.29, 0.717) is 18.2 Å². The smallest absolute Gasteiger partial charge is 0.323 e. The summed E-state index contributed by atoms with van der Waals surface area (Å²) in [6, 6.07) is 7.18. The van der Waals surface area contributed by atoms with Crippen molar-refractivity contribution in [3.05, 3.63) is 29.3 Å². The third kappa shape index (κ3) is 4.12. The molecule has 2 rings (SSSR count). The molecule has 1 saturated heterocycles. The third-order valence-corrected chi connectivity index (χ3v) is 3.64. The standard InChI is InChI=1S/C15H20ClNO3/c1-2-19-15(18)14-4-3-9-17(14)10-11-20-13-7-5-12(16)6-8-13/h5-8,14H,2-4,9-11H2,1H3. The lowest BCUT2D eigenvalue weighted by molar-refractivity contribution is -0.148. The number of nitrogens with zero attached hydrogens (tertiary/aromatic N) is 1. The van der Waals surface area contributed by atoms with Gasteiger partial charge in [-0.2, -0.15) is 0 Å². The predicted octanol–water partition coefficient (Wildman–Crippen LogP) is 2.75. The molecule has 0 aliphatic carbocycles. The van der Waals surface area contributed by atoms with Crippen molar-refractivity contribution in [3.63, 3.8) is 0 Å². The number of hydrogen-bond donors (Lipinski definition) is 0. The van der Waals surface area contributed by atoms with E-state index in [4.69, 9.17) is 21.1 Å². The second-order valence-electron chi connectivity index (χ2n) is 4.75. The molecule has 1 aliphatic rings. The first-order valence-corrected chi connectivity index (χ1v) is 7.37. The molecule has 0 bridgehead atoms. The Morgan fingerprint density at radius 2 is 2.15 bits per heavy atom. The number of hydrogen-bond acceptors (Lipinski definition) is 4. The highest BCUT2D eigenvalue weighted by molar-refractivity contribution is 6.30. The lowest BCUT2D eigenvalue weighted by Gasteiger charge is -2.22. The largest absolute Gasteiger partial charge is 0.492 e. The van der Waals surface area contributed by atoms with Gasteiger partial charge in [0.1, 0.15) is 18.4 Å². The molecule has 110 valence electrons. The fraction of sp³-hybridized carbons (Fsp3) is 0.533. The minimum Gasteiger partial charge on any atom is -0.492 e. The van der Waals surface area contributed by atoms with Crippen molar-refractivity contribution in [2.45, 2.75) is 25.8 Å². The summed E-state index contributed by atoms with van der Waals surface area (Å²) in [6.45, 7) is 4.47. The van der Waals surface area contributed by atoms with Crippen LogP contribution in [0.1, 0.15) is 19.8 Å². The van der Waals surface area contributed by atoms with Crippen molar-refractivity contribution >= 4 is 17.6 Å². The molecule has 0 radical (unpaired) electrons. The highest BCUT2D eigenvalue weighted by Gasteiger charge is 2.31. The topological polar surface area (TPSA) is 38.8 Å². The molecule has 5 heteroatoms. The summed E-state index contributed by atoms with van der Waals surface area (Å²) in [5, 5.41) is 0.694. The zero-order valence-electron chi connectivity index (χ0n) is 11.7. The first-order chi connectivity index (χ1) is 9.70. The Bertz CT molecular complexity index is 435. The average molecular weight is 298 g/mol. The number of ether oxygens (including phenoxy) is 2. The van der Waals surface area contributed by atoms with Gasteiger partial charge < -0.3 is 9.47 Å². The number of carbonyl (C=O) groups excluding carboxylic acids is 1. The van der Waals surface area contributed by atoms with Gasteiger partial charge in [0.05, 0.1) is 6.61 Å². The van der Waals surface area contributed by atoms with Crippen LogP contribution in [0.2, 0.25) is 5.02 Å². The van der Waals surface area contributed by atoms with E-state index in [9.17, 15) is 4.79 Å². The van der Waals surface area contributed by atoms with E-state index in [2.05, 4.69) is 4.90 Å². The van der Waals surface area contributed by atoms with Crippen molar-refractivity contribution in [2.75, 3.05) is 26.3 Å². The second kappa shape index (κ2) is 7.50. The summed E-state index contributed by atoms with van der Waals surface area (Å²) in [5.41, 5.74) is 0. The number of esters is 1. The van der Waals surface area contributed by atoms with Crippen molar-refractivity contribution in [1.29, 1.82) is 0 Å². The van der Waals surface area contributed by atoms with Gasteiger partial charge in [-0.15, -0.1) is 0 Å². The van der Waals surface area contributed by atoms with Crippen LogP contribution in [-0.2, 0) is 9.53 Å². The number of carbonyl (C=O) groups is 1. The molecule has 1 aliphatic heterocycles. The molecule has 1 atom stereocenters. The molecule has 1 unspecified atom stereocenters. The quantitative estimate of drug-likeness (QED) is 0.757. The van der Waals surface area contributed by atoms with Crippen LogP contribution in [-0.4, -0.2) is 43.2 Å². The monoisotopic (exact) mass is 297 g/mol. The van der Waals surface area contributed by atoms with E-state index < -0.39 is 0 Å². The summed E-state index contributed by atoms with van der Waals surface area (Å²) in [4.78, 5) is 13.9. The average Bonchev–Trinajstić information content (AvgIpc) is 2.90. The molecule has 1 fully saturated rings. The SMILES string of the molecule is CCOC(=O)C1CCCN1CCOc1ccc(Cl)cc1. The minimum atomic E-state index is -0.114. The molecule has 4 nitrogen and oxygen atoms in total. The van der Waals surface area contributed by atoms with Crippen molar-refractivity contribution in [1.82, 2.24) is 4.90 Å². The Hall–Kier alpha value is -1.26. The van der Waals surface area contributed by atoms with Crippen LogP contribution < -0.4 is 4.74 Å². The lowest BCUT2D eigenvalue weighted by atomic mass is 10.2. The predicted molar refractivity (Wildman–Crippen MR) is 78.2 cm³/mol. The van der Waals surface area contributed by atoms with E-state index in [-0.39, 0.29) is 12.0 Å². The molecule has 0 amide bonds. The molecule has 1 aromatic carbocycles. The maximum Gasteiger partial charge on any atom is 0.323 e. The normalized spacial score (nSPS) is 19.0. The van der Waals surface area contributed by atoms with Crippen molar-refractivity contribution in [3.8, 4) is 5.75 Å². The summed E-state index contributed by atoms with van der Waals surface area (Å²) in [5.74, 6) is 0.678. The van der Waals surface area contributed by atoms with Crippen molar-refractivity contribution < 1.29 is 14.3 Å². The van der Waals surface area contributed by atoms with E-state index in [1.54, 1.807) is 12.1 Å². The molecule has 20 heavy (non-hydrogen) atoms. The molecule has 0 spiro atoms. The van der Waals surface area contributed by atoms with Crippen LogP contribution in [0.3, 0.4) is 0 Å². The molecule has 0 saturated carbocycles. The highest BCUT2D eigenvalue weighted by Crippen LogP contribution is 2.19. The van der Waals surface area contributed by atoms with Crippen LogP contribution in [0.4, 0.5) is 0 Å². The Kier molecular flexibility index (Phi) is 5.68. The fourth-order valence-corrected chi connectivity index (χ4v) is 2.54. The number of halogens is 1. The van der Waals surface area contributed by atoms with E-state index in [1.807, 2.05) is 19.1 Å². The first kappa shape index (κ1) is 15.1. The van der Waals surface area contributed by atoms with Gasteiger partial charge in [0.2, 0.25) is 0 Å². The van der Waals surface area contributed by atoms with Crippen molar-refractivity contribution in [2.24, 2.45) is 0 Å². The zero-order valence-corrected chi connectivity index (χ0v) is 12.4. The van der Waals surface area contributed by atoms with Crippen LogP contribution in [0.25, 0.3) is 0 Å². The van der Waals surface area contributed by atoms with E-state index in [1.165, 1.54) is 0 Å². The number of rotatable bonds is 6. The second-order valence-corrected chi connectivity index (χ2v) is 5.18. The molecular weight excluding hydrogens is 278 g/mol. The maximum atomic E-state index is 11.8. The van der Waals surface area contributed by atoms with Gasteiger partial charge >= 0.3 is 5.97 Å². The lowest BCUT2D eigenvalue weighted by Crippen LogP contribution is -2.39. The van der Waals surface area contributed by atoms with Crippen LogP contribution in [0, 0.1) is 0 Å². The Labute approximate surface area is 124 Å². The van der Waals surface area contributed by atoms with Crippen LogP contribution in [0.15, 0.2) is 24.3 Å². The molecule has 0 aromatic heterocycles. The molecule has 1 heterocycles.